The molecule has 10 nitrogen and oxygen atoms in total. The number of amides is 2. The van der Waals surface area contributed by atoms with Crippen LogP contribution in [0.25, 0.3) is 0 Å². The van der Waals surface area contributed by atoms with Crippen LogP contribution in [0.4, 0.5) is 13.2 Å². The van der Waals surface area contributed by atoms with Gasteiger partial charge in [0.05, 0.1) is 5.75 Å². The summed E-state index contributed by atoms with van der Waals surface area (Å²) in [6.45, 7) is 3.64. The van der Waals surface area contributed by atoms with Gasteiger partial charge in [0.1, 0.15) is 23.3 Å². The number of carbonyl (C=O) groups is 3. The summed E-state index contributed by atoms with van der Waals surface area (Å²) in [4.78, 5) is 32.1. The Hall–Kier alpha value is -1.58. The van der Waals surface area contributed by atoms with Crippen LogP contribution in [0.3, 0.4) is 0 Å². The van der Waals surface area contributed by atoms with Crippen LogP contribution in [0, 0.1) is 5.92 Å². The number of rotatable bonds is 9. The first-order valence-electron chi connectivity index (χ1n) is 7.78. The van der Waals surface area contributed by atoms with E-state index in [0.29, 0.717) is 6.42 Å². The van der Waals surface area contributed by atoms with Crippen LogP contribution in [0.2, 0.25) is 0 Å². The number of quaternary nitrogens is 1. The fourth-order valence-electron chi connectivity index (χ4n) is 1.64. The monoisotopic (exact) mass is 455 g/mol. The van der Waals surface area contributed by atoms with Crippen molar-refractivity contribution in [1.82, 2.24) is 5.32 Å². The molecule has 0 aliphatic heterocycles. The molecule has 2 amide bonds. The molecule has 0 fully saturated rings. The average Bonchev–Trinajstić information content (AvgIpc) is 2.54. The Labute approximate surface area is 165 Å². The molecule has 0 bridgehead atoms. The lowest BCUT2D eigenvalue weighted by molar-refractivity contribution is -0.416. The summed E-state index contributed by atoms with van der Waals surface area (Å²) < 4.78 is 61.5. The second kappa shape index (κ2) is 12.1. The summed E-state index contributed by atoms with van der Waals surface area (Å²) in [5.74, 6) is -4.83. The molecule has 0 radical (unpaired) electrons. The van der Waals surface area contributed by atoms with E-state index < -0.39 is 57.2 Å². The molecule has 0 heterocycles. The van der Waals surface area contributed by atoms with Crippen LogP contribution < -0.4 is 21.9 Å². The molecule has 7 N–H and O–H groups in total. The molecule has 0 aliphatic rings. The topological polar surface area (TPSA) is 194 Å². The van der Waals surface area contributed by atoms with Crippen molar-refractivity contribution in [3.63, 3.8) is 0 Å². The molecule has 0 aromatic carbocycles. The number of carboxylic acids is 1. The standard InChI is InChI=1S/C11H23N3O5S2.C2HF3O2/c1-3-6(2)8(10(13)15)14-11(16)9(20)7(12)4-5-21(17,18)19;3-2(4,5)1(6)7/h6-9,20H,3-5,12H2,1-2H3,(H2,13,15)(H,14,16)(H,17,18,19);(H,6,7)/t6-,7+,8-,9+;/m0./s1. The first kappa shape index (κ1) is 28.6. The zero-order chi connectivity index (χ0) is 22.9. The Morgan fingerprint density at radius 2 is 1.75 bits per heavy atom. The summed E-state index contributed by atoms with van der Waals surface area (Å²) in [6, 6.07) is -1.45. The van der Waals surface area contributed by atoms with Gasteiger partial charge in [-0.3, -0.25) is 14.1 Å². The number of halogens is 3. The van der Waals surface area contributed by atoms with Crippen molar-refractivity contribution in [1.29, 1.82) is 0 Å². The lowest BCUT2D eigenvalue weighted by atomic mass is 9.98. The van der Waals surface area contributed by atoms with Gasteiger partial charge < -0.3 is 26.7 Å². The smallest absolute Gasteiger partial charge is 0.430 e. The highest BCUT2D eigenvalue weighted by atomic mass is 32.2. The van der Waals surface area contributed by atoms with E-state index >= 15 is 0 Å². The van der Waals surface area contributed by atoms with Gasteiger partial charge in [-0.05, 0) is 5.92 Å². The zero-order valence-corrected chi connectivity index (χ0v) is 16.8. The summed E-state index contributed by atoms with van der Waals surface area (Å²) in [5, 5.41) is 10.4. The van der Waals surface area contributed by atoms with Crippen LogP contribution >= 0.6 is 12.6 Å². The van der Waals surface area contributed by atoms with E-state index in [-0.39, 0.29) is 12.3 Å². The fourth-order valence-corrected chi connectivity index (χ4v) is 2.46. The largest absolute Gasteiger partial charge is 0.542 e. The van der Waals surface area contributed by atoms with Gasteiger partial charge in [-0.25, -0.2) is 0 Å². The molecule has 0 aromatic rings. The Morgan fingerprint density at radius 3 is 2.04 bits per heavy atom. The number of nitrogens with two attached hydrogens (primary N) is 1. The van der Waals surface area contributed by atoms with Crippen molar-refractivity contribution in [2.75, 3.05) is 5.75 Å². The van der Waals surface area contributed by atoms with Gasteiger partial charge in [0.2, 0.25) is 11.8 Å². The van der Waals surface area contributed by atoms with Crippen molar-refractivity contribution < 1.29 is 51.4 Å². The van der Waals surface area contributed by atoms with E-state index in [0.717, 1.165) is 0 Å². The Bertz CT molecular complexity index is 644. The lowest BCUT2D eigenvalue weighted by Gasteiger charge is -2.23. The second-order valence-corrected chi connectivity index (χ2v) is 7.97. The highest BCUT2D eigenvalue weighted by molar-refractivity contribution is 7.85. The molecule has 0 unspecified atom stereocenters. The van der Waals surface area contributed by atoms with Gasteiger partial charge >= 0.3 is 6.18 Å². The van der Waals surface area contributed by atoms with Gasteiger partial charge in [0, 0.05) is 6.42 Å². The number of aliphatic carboxylic acids is 1. The molecular formula is C13H24F3N3O7S2. The average molecular weight is 455 g/mol. The van der Waals surface area contributed by atoms with Crippen LogP contribution in [0.5, 0.6) is 0 Å². The second-order valence-electron chi connectivity index (χ2n) is 5.84. The molecule has 0 spiro atoms. The molecule has 28 heavy (non-hydrogen) atoms. The number of hydrogen-bond acceptors (Lipinski definition) is 7. The third-order valence-electron chi connectivity index (χ3n) is 3.51. The molecular weight excluding hydrogens is 431 g/mol. The molecule has 0 saturated heterocycles. The number of carboxylic acid groups (broad SMARTS) is 1. The maximum absolute atomic E-state index is 12.0. The predicted octanol–water partition coefficient (Wildman–Crippen LogP) is -2.51. The van der Waals surface area contributed by atoms with E-state index in [9.17, 15) is 31.2 Å². The van der Waals surface area contributed by atoms with Gasteiger partial charge in [0.15, 0.2) is 0 Å². The maximum Gasteiger partial charge on any atom is 0.430 e. The van der Waals surface area contributed by atoms with Crippen LogP contribution in [-0.4, -0.2) is 60.0 Å². The number of alkyl halides is 3. The summed E-state index contributed by atoms with van der Waals surface area (Å²) in [6.07, 6.45) is -4.56. The van der Waals surface area contributed by atoms with Crippen molar-refractivity contribution in [2.45, 2.75) is 50.2 Å². The van der Waals surface area contributed by atoms with E-state index in [1.165, 1.54) is 0 Å². The van der Waals surface area contributed by atoms with Gasteiger partial charge in [0.25, 0.3) is 10.1 Å². The number of primary amides is 1. The zero-order valence-electron chi connectivity index (χ0n) is 15.1. The summed E-state index contributed by atoms with van der Waals surface area (Å²) in [7, 11) is -4.11. The first-order valence-corrected chi connectivity index (χ1v) is 9.90. The molecule has 15 heteroatoms. The number of hydrogen-bond donors (Lipinski definition) is 5. The molecule has 4 atom stereocenters. The van der Waals surface area contributed by atoms with Crippen LogP contribution in [-0.2, 0) is 24.5 Å². The molecule has 0 aromatic heterocycles. The predicted molar refractivity (Wildman–Crippen MR) is 92.1 cm³/mol. The molecule has 0 rings (SSSR count). The molecule has 166 valence electrons. The van der Waals surface area contributed by atoms with Gasteiger partial charge in [-0.15, -0.1) is 0 Å². The normalized spacial score (nSPS) is 16.0. The van der Waals surface area contributed by atoms with Gasteiger partial charge in [-0.2, -0.15) is 34.2 Å². The highest BCUT2D eigenvalue weighted by Gasteiger charge is 2.31. The SMILES string of the molecule is CC[C@H](C)[C@H](NC(=O)[C@H](S)[C@H]([NH3+])CCS(=O)(=O)O)C(N)=O.O=C([O-])C(F)(F)F. The molecule has 0 saturated carbocycles. The van der Waals surface area contributed by atoms with Crippen molar-refractivity contribution in [3.8, 4) is 0 Å². The maximum atomic E-state index is 12.0. The van der Waals surface area contributed by atoms with Crippen LogP contribution in [0.1, 0.15) is 26.7 Å². The van der Waals surface area contributed by atoms with Crippen molar-refractivity contribution in [2.24, 2.45) is 11.7 Å². The number of nitrogens with one attached hydrogen (secondary N) is 1. The lowest BCUT2D eigenvalue weighted by Crippen LogP contribution is -2.68. The van der Waals surface area contributed by atoms with Crippen molar-refractivity contribution >= 4 is 40.5 Å². The van der Waals surface area contributed by atoms with Crippen molar-refractivity contribution in [3.05, 3.63) is 0 Å². The Balaban J connectivity index is 0. The Morgan fingerprint density at radius 1 is 1.32 bits per heavy atom. The minimum Gasteiger partial charge on any atom is -0.542 e. The number of thiol groups is 1. The van der Waals surface area contributed by atoms with Gasteiger partial charge in [-0.1, -0.05) is 20.3 Å². The minimum atomic E-state index is -5.19. The van der Waals surface area contributed by atoms with E-state index in [1.807, 2.05) is 6.92 Å². The number of carbonyl (C=O) groups excluding carboxylic acids is 3. The third kappa shape index (κ3) is 12.7. The minimum absolute atomic E-state index is 0.0228. The van der Waals surface area contributed by atoms with Crippen LogP contribution in [0.15, 0.2) is 0 Å². The van der Waals surface area contributed by atoms with E-state index in [1.54, 1.807) is 6.92 Å². The Kier molecular flexibility index (Phi) is 12.4. The molecule has 0 aliphatic carbocycles. The van der Waals surface area contributed by atoms with E-state index in [4.69, 9.17) is 20.2 Å². The third-order valence-corrected chi connectivity index (χ3v) is 4.92. The highest BCUT2D eigenvalue weighted by Crippen LogP contribution is 2.11. The summed E-state index contributed by atoms with van der Waals surface area (Å²) >= 11 is 4.09. The quantitative estimate of drug-likeness (QED) is 0.187. The first-order chi connectivity index (χ1) is 12.4. The van der Waals surface area contributed by atoms with E-state index in [2.05, 4.69) is 23.7 Å². The fraction of sp³-hybridized carbons (Fsp3) is 0.769. The summed E-state index contributed by atoms with van der Waals surface area (Å²) in [5.41, 5.74) is 8.90.